The van der Waals surface area contributed by atoms with Crippen LogP contribution in [0.4, 0.5) is 4.79 Å². The number of fused-ring (bicyclic) bond motifs is 2. The van der Waals surface area contributed by atoms with Crippen LogP contribution in [0.25, 0.3) is 5.57 Å². The Morgan fingerprint density at radius 3 is 2.47 bits per heavy atom. The minimum absolute atomic E-state index is 0.00765. The van der Waals surface area contributed by atoms with E-state index in [4.69, 9.17) is 23.7 Å². The molecule has 0 aromatic heterocycles. The van der Waals surface area contributed by atoms with Crippen LogP contribution in [0.5, 0.6) is 23.0 Å². The first-order valence-corrected chi connectivity index (χ1v) is 12.2. The van der Waals surface area contributed by atoms with Crippen molar-refractivity contribution in [3.63, 3.8) is 0 Å². The van der Waals surface area contributed by atoms with Crippen molar-refractivity contribution in [3.8, 4) is 23.0 Å². The number of carboxylic acid groups (broad SMARTS) is 1. The van der Waals surface area contributed by atoms with Crippen LogP contribution in [0.3, 0.4) is 0 Å². The highest BCUT2D eigenvalue weighted by Gasteiger charge is 2.40. The van der Waals surface area contributed by atoms with E-state index in [9.17, 15) is 18.3 Å². The molecule has 0 amide bonds. The maximum atomic E-state index is 13.8. The molecule has 0 spiro atoms. The summed E-state index contributed by atoms with van der Waals surface area (Å²) in [4.78, 5) is 11.8. The molecule has 0 fully saturated rings. The van der Waals surface area contributed by atoms with Gasteiger partial charge in [0, 0.05) is 5.56 Å². The SMILES string of the molecule is COc1ccc(C2=C(OC(=O)O)N(Cc3ccc4c(c3)OCO4)S(=O)(=O)c3ccccc32)cc1OC. The molecule has 11 heteroatoms. The summed E-state index contributed by atoms with van der Waals surface area (Å²) < 4.78 is 55.1. The fraction of sp³-hybridized carbons (Fsp3) is 0.160. The molecule has 36 heavy (non-hydrogen) atoms. The van der Waals surface area contributed by atoms with Crippen LogP contribution in [0.2, 0.25) is 0 Å². The highest BCUT2D eigenvalue weighted by molar-refractivity contribution is 7.89. The third-order valence-electron chi connectivity index (χ3n) is 5.78. The molecule has 2 aliphatic rings. The summed E-state index contributed by atoms with van der Waals surface area (Å²) in [6, 6.07) is 16.3. The van der Waals surface area contributed by atoms with Gasteiger partial charge < -0.3 is 28.8 Å². The van der Waals surface area contributed by atoms with E-state index in [0.717, 1.165) is 4.31 Å². The lowest BCUT2D eigenvalue weighted by atomic mass is 9.97. The normalized spacial score (nSPS) is 15.3. The van der Waals surface area contributed by atoms with E-state index in [1.165, 1.54) is 20.3 Å². The molecule has 3 aromatic carbocycles. The number of nitrogens with zero attached hydrogens (tertiary/aromatic N) is 1. The number of ether oxygens (including phenoxy) is 5. The molecule has 2 aliphatic heterocycles. The number of sulfonamides is 1. The fourth-order valence-corrected chi connectivity index (χ4v) is 5.79. The molecule has 0 atom stereocenters. The van der Waals surface area contributed by atoms with Crippen molar-refractivity contribution in [2.75, 3.05) is 21.0 Å². The quantitative estimate of drug-likeness (QED) is 0.489. The molecule has 186 valence electrons. The van der Waals surface area contributed by atoms with Gasteiger partial charge in [0.15, 0.2) is 23.0 Å². The second-order valence-corrected chi connectivity index (χ2v) is 9.64. The van der Waals surface area contributed by atoms with Crippen molar-refractivity contribution in [2.45, 2.75) is 11.4 Å². The number of rotatable bonds is 6. The Hall–Kier alpha value is -4.38. The lowest BCUT2D eigenvalue weighted by Crippen LogP contribution is -2.36. The van der Waals surface area contributed by atoms with Gasteiger partial charge in [0.25, 0.3) is 10.0 Å². The molecule has 0 radical (unpaired) electrons. The Balaban J connectivity index is 1.74. The van der Waals surface area contributed by atoms with Crippen LogP contribution in [-0.4, -0.2) is 45.0 Å². The lowest BCUT2D eigenvalue weighted by molar-refractivity contribution is 0.101. The number of carbonyl (C=O) groups is 1. The maximum absolute atomic E-state index is 13.8. The minimum atomic E-state index is -4.20. The summed E-state index contributed by atoms with van der Waals surface area (Å²) in [5, 5.41) is 9.58. The number of hydrogen-bond acceptors (Lipinski definition) is 8. The van der Waals surface area contributed by atoms with Gasteiger partial charge in [0.2, 0.25) is 12.7 Å². The van der Waals surface area contributed by atoms with Gasteiger partial charge in [-0.2, -0.15) is 0 Å². The minimum Gasteiger partial charge on any atom is -0.493 e. The molecule has 0 bridgehead atoms. The largest absolute Gasteiger partial charge is 0.512 e. The summed E-state index contributed by atoms with van der Waals surface area (Å²) in [5.74, 6) is 1.48. The number of hydrogen-bond donors (Lipinski definition) is 1. The first-order chi connectivity index (χ1) is 17.3. The zero-order valence-corrected chi connectivity index (χ0v) is 20.1. The van der Waals surface area contributed by atoms with Gasteiger partial charge in [-0.05, 0) is 41.5 Å². The van der Waals surface area contributed by atoms with Crippen molar-refractivity contribution < 1.29 is 42.0 Å². The van der Waals surface area contributed by atoms with Gasteiger partial charge in [0.05, 0.1) is 31.2 Å². The molecule has 0 saturated heterocycles. The molecular weight excluding hydrogens is 490 g/mol. The molecule has 1 N–H and O–H groups in total. The van der Waals surface area contributed by atoms with Gasteiger partial charge in [-0.15, -0.1) is 0 Å². The Labute approximate surface area is 206 Å². The van der Waals surface area contributed by atoms with E-state index in [1.807, 2.05) is 0 Å². The van der Waals surface area contributed by atoms with Crippen molar-refractivity contribution >= 4 is 21.8 Å². The Morgan fingerprint density at radius 1 is 0.972 bits per heavy atom. The van der Waals surface area contributed by atoms with Crippen molar-refractivity contribution in [1.82, 2.24) is 4.31 Å². The standard InChI is InChI=1S/C25H21NO9S/c1-31-18-10-8-16(12-20(18)32-2)23-17-5-3-4-6-22(17)36(29,30)26(24(23)35-25(27)28)13-15-7-9-19-21(11-15)34-14-33-19/h3-12H,13-14H2,1-2H3,(H,27,28). The fourth-order valence-electron chi connectivity index (χ4n) is 4.18. The molecule has 5 rings (SSSR count). The van der Waals surface area contributed by atoms with E-state index in [-0.39, 0.29) is 29.7 Å². The van der Waals surface area contributed by atoms with Gasteiger partial charge in [-0.1, -0.05) is 30.3 Å². The zero-order chi connectivity index (χ0) is 25.4. The molecule has 10 nitrogen and oxygen atoms in total. The van der Waals surface area contributed by atoms with Crippen LogP contribution in [0, 0.1) is 0 Å². The number of benzene rings is 3. The van der Waals surface area contributed by atoms with Crippen LogP contribution in [-0.2, 0) is 21.3 Å². The van der Waals surface area contributed by atoms with E-state index in [2.05, 4.69) is 0 Å². The Bertz CT molecular complexity index is 1500. The van der Waals surface area contributed by atoms with Gasteiger partial charge in [0.1, 0.15) is 0 Å². The summed E-state index contributed by atoms with van der Waals surface area (Å²) in [6.07, 6.45) is -1.66. The molecule has 0 saturated carbocycles. The Kier molecular flexibility index (Phi) is 5.84. The summed E-state index contributed by atoms with van der Waals surface area (Å²) in [5.41, 5.74) is 1.58. The van der Waals surface area contributed by atoms with Crippen LogP contribution >= 0.6 is 0 Å². The first-order valence-electron chi connectivity index (χ1n) is 10.7. The monoisotopic (exact) mass is 511 g/mol. The zero-order valence-electron chi connectivity index (χ0n) is 19.3. The third kappa shape index (κ3) is 3.93. The van der Waals surface area contributed by atoms with Crippen molar-refractivity contribution in [2.24, 2.45) is 0 Å². The summed E-state index contributed by atoms with van der Waals surface area (Å²) in [6.45, 7) is -0.155. The molecule has 3 aromatic rings. The van der Waals surface area contributed by atoms with Crippen molar-refractivity contribution in [3.05, 3.63) is 83.2 Å². The average Bonchev–Trinajstić information content (AvgIpc) is 3.34. The van der Waals surface area contributed by atoms with Crippen LogP contribution in [0.15, 0.2) is 71.4 Å². The first kappa shape index (κ1) is 23.4. The third-order valence-corrected chi connectivity index (χ3v) is 7.57. The van der Waals surface area contributed by atoms with Crippen LogP contribution < -0.4 is 18.9 Å². The van der Waals surface area contributed by atoms with Crippen LogP contribution in [0.1, 0.15) is 16.7 Å². The topological polar surface area (TPSA) is 121 Å². The number of methoxy groups -OCH3 is 2. The molecule has 2 heterocycles. The smallest absolute Gasteiger partial charge is 0.493 e. The highest BCUT2D eigenvalue weighted by Crippen LogP contribution is 2.44. The Morgan fingerprint density at radius 2 is 1.72 bits per heavy atom. The highest BCUT2D eigenvalue weighted by atomic mass is 32.2. The molecule has 0 unspecified atom stereocenters. The van der Waals surface area contributed by atoms with E-state index in [1.54, 1.807) is 54.6 Å². The van der Waals surface area contributed by atoms with Gasteiger partial charge in [-0.25, -0.2) is 17.5 Å². The van der Waals surface area contributed by atoms with E-state index >= 15 is 0 Å². The van der Waals surface area contributed by atoms with Gasteiger partial charge in [-0.3, -0.25) is 0 Å². The summed E-state index contributed by atoms with van der Waals surface area (Å²) in [7, 11) is -1.24. The maximum Gasteiger partial charge on any atom is 0.512 e. The predicted octanol–water partition coefficient (Wildman–Crippen LogP) is 4.05. The van der Waals surface area contributed by atoms with Crippen molar-refractivity contribution in [1.29, 1.82) is 0 Å². The lowest BCUT2D eigenvalue weighted by Gasteiger charge is -2.33. The molecular formula is C25H21NO9S. The second-order valence-electron chi connectivity index (χ2n) is 7.81. The summed E-state index contributed by atoms with van der Waals surface area (Å²) >= 11 is 0. The van der Waals surface area contributed by atoms with Gasteiger partial charge >= 0.3 is 6.16 Å². The second kappa shape index (κ2) is 9.00. The van der Waals surface area contributed by atoms with E-state index in [0.29, 0.717) is 39.7 Å². The predicted molar refractivity (Wildman–Crippen MR) is 126 cm³/mol. The average molecular weight is 512 g/mol. The molecule has 0 aliphatic carbocycles. The van der Waals surface area contributed by atoms with E-state index < -0.39 is 16.2 Å².